The maximum atomic E-state index is 12.6. The highest BCUT2D eigenvalue weighted by Gasteiger charge is 2.55. The van der Waals surface area contributed by atoms with Gasteiger partial charge in [0, 0.05) is 0 Å². The van der Waals surface area contributed by atoms with Crippen molar-refractivity contribution in [1.82, 2.24) is 0 Å². The van der Waals surface area contributed by atoms with Gasteiger partial charge in [-0.15, -0.1) is 0 Å². The number of ketones is 2. The molecule has 3 rings (SSSR count). The van der Waals surface area contributed by atoms with Crippen LogP contribution in [-0.2, 0) is 14.3 Å². The minimum atomic E-state index is -0.846. The van der Waals surface area contributed by atoms with Crippen molar-refractivity contribution in [3.05, 3.63) is 29.3 Å². The van der Waals surface area contributed by atoms with Gasteiger partial charge < -0.3 is 9.84 Å². The van der Waals surface area contributed by atoms with E-state index in [4.69, 9.17) is 4.74 Å². The first kappa shape index (κ1) is 12.4. The first-order valence-corrected chi connectivity index (χ1v) is 6.48. The van der Waals surface area contributed by atoms with Crippen LogP contribution < -0.4 is 0 Å². The van der Waals surface area contributed by atoms with E-state index in [-0.39, 0.29) is 17.3 Å². The lowest BCUT2D eigenvalue weighted by atomic mass is 9.80. The van der Waals surface area contributed by atoms with Crippen LogP contribution in [0.4, 0.5) is 0 Å². The molecule has 0 aliphatic carbocycles. The first-order chi connectivity index (χ1) is 8.92. The molecule has 2 aliphatic rings. The molecule has 3 atom stereocenters. The van der Waals surface area contributed by atoms with Crippen LogP contribution in [0.1, 0.15) is 36.8 Å². The van der Waals surface area contributed by atoms with Crippen molar-refractivity contribution in [2.24, 2.45) is 0 Å². The zero-order valence-corrected chi connectivity index (χ0v) is 11.0. The Morgan fingerprint density at radius 1 is 1.37 bits per heavy atom. The van der Waals surface area contributed by atoms with Gasteiger partial charge in [0.05, 0.1) is 0 Å². The second-order valence-electron chi connectivity index (χ2n) is 5.62. The van der Waals surface area contributed by atoms with Gasteiger partial charge in [-0.25, -0.2) is 0 Å². The molecule has 0 saturated carbocycles. The summed E-state index contributed by atoms with van der Waals surface area (Å²) in [6, 6.07) is 4.80. The smallest absolute Gasteiger partial charge is 0.179 e. The Kier molecular flexibility index (Phi) is 2.54. The second kappa shape index (κ2) is 3.90. The predicted molar refractivity (Wildman–Crippen MR) is 68.1 cm³/mol. The van der Waals surface area contributed by atoms with Crippen LogP contribution in [0.2, 0.25) is 0 Å². The van der Waals surface area contributed by atoms with Gasteiger partial charge in [-0.05, 0) is 49.9 Å². The van der Waals surface area contributed by atoms with E-state index in [2.05, 4.69) is 0 Å². The van der Waals surface area contributed by atoms with Gasteiger partial charge in [0.2, 0.25) is 0 Å². The Labute approximate surface area is 111 Å². The van der Waals surface area contributed by atoms with Crippen LogP contribution in [0, 0.1) is 6.92 Å². The van der Waals surface area contributed by atoms with E-state index in [0.29, 0.717) is 18.4 Å². The van der Waals surface area contributed by atoms with Crippen molar-refractivity contribution in [3.8, 4) is 5.75 Å². The number of phenols is 1. The van der Waals surface area contributed by atoms with E-state index in [1.807, 2.05) is 6.92 Å². The summed E-state index contributed by atoms with van der Waals surface area (Å²) in [6.45, 7) is 3.60. The number of benzene rings is 1. The summed E-state index contributed by atoms with van der Waals surface area (Å²) >= 11 is 0. The molecule has 2 heterocycles. The molecule has 0 amide bonds. The van der Waals surface area contributed by atoms with E-state index >= 15 is 0 Å². The summed E-state index contributed by atoms with van der Waals surface area (Å²) in [5, 5.41) is 9.60. The van der Waals surface area contributed by atoms with Gasteiger partial charge in [0.15, 0.2) is 11.6 Å². The second-order valence-corrected chi connectivity index (χ2v) is 5.62. The first-order valence-electron chi connectivity index (χ1n) is 6.48. The average Bonchev–Trinajstić information content (AvgIpc) is 2.73. The number of Topliss-reactive ketones (excluding diaryl/α,β-unsaturated/α-hetero) is 2. The summed E-state index contributed by atoms with van der Waals surface area (Å²) in [7, 11) is 0. The fraction of sp³-hybridized carbons (Fsp3) is 0.467. The van der Waals surface area contributed by atoms with E-state index in [1.165, 1.54) is 6.07 Å². The molecule has 1 aromatic rings. The third-order valence-corrected chi connectivity index (χ3v) is 4.25. The van der Waals surface area contributed by atoms with Gasteiger partial charge in [-0.3, -0.25) is 9.59 Å². The summed E-state index contributed by atoms with van der Waals surface area (Å²) in [4.78, 5) is 24.9. The number of fused-ring (bicyclic) bond motifs is 2. The Hall–Kier alpha value is -1.68. The maximum Gasteiger partial charge on any atom is 0.179 e. The van der Waals surface area contributed by atoms with Gasteiger partial charge >= 0.3 is 0 Å². The van der Waals surface area contributed by atoms with Crippen molar-refractivity contribution >= 4 is 11.6 Å². The zero-order chi connectivity index (χ0) is 13.8. The van der Waals surface area contributed by atoms with Crippen molar-refractivity contribution < 1.29 is 19.4 Å². The lowest BCUT2D eigenvalue weighted by Gasteiger charge is -2.33. The lowest BCUT2D eigenvalue weighted by molar-refractivity contribution is -0.160. The van der Waals surface area contributed by atoms with Gasteiger partial charge in [0.25, 0.3) is 0 Å². The van der Waals surface area contributed by atoms with Gasteiger partial charge in [-0.1, -0.05) is 6.07 Å². The highest BCUT2D eigenvalue weighted by molar-refractivity contribution is 6.15. The molecule has 4 heteroatoms. The molecule has 2 saturated heterocycles. The Balaban J connectivity index is 2.11. The molecule has 1 aromatic carbocycles. The highest BCUT2D eigenvalue weighted by Crippen LogP contribution is 2.43. The van der Waals surface area contributed by atoms with E-state index in [0.717, 1.165) is 5.56 Å². The summed E-state index contributed by atoms with van der Waals surface area (Å²) in [5.74, 6) is -1.07. The van der Waals surface area contributed by atoms with Crippen LogP contribution in [0.3, 0.4) is 0 Å². The highest BCUT2D eigenvalue weighted by atomic mass is 16.5. The third kappa shape index (κ3) is 1.70. The molecule has 1 N–H and O–H groups in total. The standard InChI is InChI=1S/C15H16O4/c1-8-3-4-9(16)7-10(8)12-13(17)11-5-6-15(2,19-11)14(12)18/h3-4,7,11-12,16H,5-6H2,1-2H3. The van der Waals surface area contributed by atoms with Gasteiger partial charge in [0.1, 0.15) is 23.4 Å². The molecule has 0 spiro atoms. The molecular formula is C15H16O4. The molecule has 2 bridgehead atoms. The van der Waals surface area contributed by atoms with Crippen LogP contribution in [0.15, 0.2) is 18.2 Å². The fourth-order valence-corrected chi connectivity index (χ4v) is 3.07. The van der Waals surface area contributed by atoms with E-state index in [1.54, 1.807) is 19.1 Å². The lowest BCUT2D eigenvalue weighted by Crippen LogP contribution is -2.49. The van der Waals surface area contributed by atoms with E-state index in [9.17, 15) is 14.7 Å². The molecule has 2 aliphatic heterocycles. The number of aryl methyl sites for hydroxylation is 1. The largest absolute Gasteiger partial charge is 0.508 e. The van der Waals surface area contributed by atoms with E-state index < -0.39 is 17.6 Å². The van der Waals surface area contributed by atoms with Gasteiger partial charge in [-0.2, -0.15) is 0 Å². The normalized spacial score (nSPS) is 33.8. The molecule has 3 unspecified atom stereocenters. The number of hydrogen-bond acceptors (Lipinski definition) is 4. The van der Waals surface area contributed by atoms with Crippen molar-refractivity contribution in [1.29, 1.82) is 0 Å². The van der Waals surface area contributed by atoms with Crippen molar-refractivity contribution in [2.45, 2.75) is 44.3 Å². The quantitative estimate of drug-likeness (QED) is 0.783. The number of phenolic OH excluding ortho intramolecular Hbond substituents is 1. The van der Waals surface area contributed by atoms with Crippen LogP contribution in [-0.4, -0.2) is 28.4 Å². The number of rotatable bonds is 1. The maximum absolute atomic E-state index is 12.6. The number of ether oxygens (including phenoxy) is 1. The predicted octanol–water partition coefficient (Wildman–Crippen LogP) is 1.87. The molecule has 0 radical (unpaired) electrons. The van der Waals surface area contributed by atoms with Crippen molar-refractivity contribution in [2.75, 3.05) is 0 Å². The van der Waals surface area contributed by atoms with Crippen LogP contribution in [0.25, 0.3) is 0 Å². The fourth-order valence-electron chi connectivity index (χ4n) is 3.07. The minimum absolute atomic E-state index is 0.0743. The Morgan fingerprint density at radius 2 is 2.11 bits per heavy atom. The Bertz CT molecular complexity index is 578. The monoisotopic (exact) mass is 260 g/mol. The molecule has 100 valence electrons. The molecule has 2 fully saturated rings. The molecule has 19 heavy (non-hydrogen) atoms. The van der Waals surface area contributed by atoms with Crippen LogP contribution >= 0.6 is 0 Å². The average molecular weight is 260 g/mol. The van der Waals surface area contributed by atoms with Crippen molar-refractivity contribution in [3.63, 3.8) is 0 Å². The topological polar surface area (TPSA) is 63.6 Å². The zero-order valence-electron chi connectivity index (χ0n) is 11.0. The summed E-state index contributed by atoms with van der Waals surface area (Å²) < 4.78 is 5.57. The number of hydrogen-bond donors (Lipinski definition) is 1. The molecule has 4 nitrogen and oxygen atoms in total. The summed E-state index contributed by atoms with van der Waals surface area (Å²) in [6.07, 6.45) is 0.723. The number of carbonyl (C=O) groups excluding carboxylic acids is 2. The number of carbonyl (C=O) groups is 2. The molecule has 0 aromatic heterocycles. The SMILES string of the molecule is Cc1ccc(O)cc1C1C(=O)C2CCC(C)(O2)C1=O. The molecular weight excluding hydrogens is 244 g/mol. The Morgan fingerprint density at radius 3 is 2.84 bits per heavy atom. The van der Waals surface area contributed by atoms with Crippen LogP contribution in [0.5, 0.6) is 5.75 Å². The minimum Gasteiger partial charge on any atom is -0.508 e. The third-order valence-electron chi connectivity index (χ3n) is 4.25. The summed E-state index contributed by atoms with van der Waals surface area (Å²) in [5.41, 5.74) is 0.604. The number of aromatic hydroxyl groups is 1.